The van der Waals surface area contributed by atoms with Gasteiger partial charge in [0, 0.05) is 12.8 Å². The highest BCUT2D eigenvalue weighted by Gasteiger charge is 2.27. The van der Waals surface area contributed by atoms with Crippen LogP contribution in [0.2, 0.25) is 0 Å². The number of ether oxygens (including phenoxy) is 2. The van der Waals surface area contributed by atoms with Crippen molar-refractivity contribution in [2.45, 2.75) is 154 Å². The van der Waals surface area contributed by atoms with E-state index in [0.717, 1.165) is 77.0 Å². The van der Waals surface area contributed by atoms with Crippen molar-refractivity contribution in [3.05, 3.63) is 85.1 Å². The summed E-state index contributed by atoms with van der Waals surface area (Å²) in [5, 5.41) is 18.3. The SMILES string of the molecule is CC/C=C\C/C=C\C/C=C\C/C=C\C/C=C\CCCC(=O)O[C@H](COC(=O)CCCCCCC/C=C\C/C=C\CCCCC)COP(=O)(O)OC[C@@H](O)CO. The fourth-order valence-corrected chi connectivity index (χ4v) is 5.67. The Balaban J connectivity index is 4.48. The van der Waals surface area contributed by atoms with Gasteiger partial charge in [0.15, 0.2) is 6.10 Å². The van der Waals surface area contributed by atoms with Crippen molar-refractivity contribution in [2.75, 3.05) is 26.4 Å². The first-order valence-electron chi connectivity index (χ1n) is 20.5. The largest absolute Gasteiger partial charge is 0.472 e. The molecule has 0 fully saturated rings. The standard InChI is InChI=1S/C44H73O10P/c1-3-5-7-9-11-13-15-17-19-20-22-24-26-28-30-32-34-36-44(48)54-42(40-53-55(49,50)52-38-41(46)37-45)39-51-43(47)35-33-31-29-27-25-23-21-18-16-14-12-10-8-6-4-2/h5,7,11-14,17-19,21-22,24,28,30,41-42,45-46H,3-4,6,8-10,15-16,20,23,25-27,29,31-40H2,1-2H3,(H,49,50)/b7-5-,13-11-,14-12-,19-17-,21-18-,24-22-,30-28-/t41-,42+/m0/s1. The maximum Gasteiger partial charge on any atom is 0.472 e. The van der Waals surface area contributed by atoms with Crippen LogP contribution in [0.5, 0.6) is 0 Å². The van der Waals surface area contributed by atoms with E-state index in [2.05, 4.69) is 91.3 Å². The Morgan fingerprint density at radius 2 is 1.02 bits per heavy atom. The number of aliphatic hydroxyl groups is 2. The summed E-state index contributed by atoms with van der Waals surface area (Å²) < 4.78 is 32.6. The Morgan fingerprint density at radius 1 is 0.564 bits per heavy atom. The number of unbranched alkanes of at least 4 members (excludes halogenated alkanes) is 9. The maximum absolute atomic E-state index is 12.6. The molecule has 3 N–H and O–H groups in total. The number of phosphoric acid groups is 1. The minimum atomic E-state index is -4.64. The number of allylic oxidation sites excluding steroid dienone is 14. The lowest BCUT2D eigenvalue weighted by Gasteiger charge is -2.20. The zero-order valence-corrected chi connectivity index (χ0v) is 34.7. The molecule has 55 heavy (non-hydrogen) atoms. The van der Waals surface area contributed by atoms with Gasteiger partial charge >= 0.3 is 19.8 Å². The number of hydrogen-bond acceptors (Lipinski definition) is 9. The van der Waals surface area contributed by atoms with E-state index < -0.39 is 51.8 Å². The zero-order valence-electron chi connectivity index (χ0n) is 33.9. The first-order valence-corrected chi connectivity index (χ1v) is 22.0. The molecule has 10 nitrogen and oxygen atoms in total. The number of carbonyl (C=O) groups excluding carboxylic acids is 2. The van der Waals surface area contributed by atoms with Gasteiger partial charge in [-0.05, 0) is 83.5 Å². The van der Waals surface area contributed by atoms with Crippen LogP contribution in [0.1, 0.15) is 142 Å². The molecule has 3 atom stereocenters. The average Bonchev–Trinajstić information content (AvgIpc) is 3.17. The van der Waals surface area contributed by atoms with E-state index in [1.54, 1.807) is 0 Å². The van der Waals surface area contributed by atoms with Gasteiger partial charge in [-0.3, -0.25) is 18.6 Å². The minimum absolute atomic E-state index is 0.0979. The van der Waals surface area contributed by atoms with E-state index in [9.17, 15) is 24.2 Å². The first-order chi connectivity index (χ1) is 26.7. The summed E-state index contributed by atoms with van der Waals surface area (Å²) in [6.07, 6.45) is 45.5. The van der Waals surface area contributed by atoms with Gasteiger partial charge in [-0.1, -0.05) is 131 Å². The highest BCUT2D eigenvalue weighted by molar-refractivity contribution is 7.47. The molecule has 0 aliphatic rings. The molecule has 0 saturated carbocycles. The van der Waals surface area contributed by atoms with Gasteiger partial charge in [-0.25, -0.2) is 4.57 Å². The molecule has 0 rings (SSSR count). The molecule has 0 saturated heterocycles. The molecule has 0 amide bonds. The van der Waals surface area contributed by atoms with Crippen molar-refractivity contribution >= 4 is 19.8 Å². The van der Waals surface area contributed by atoms with Crippen molar-refractivity contribution in [3.63, 3.8) is 0 Å². The third kappa shape index (κ3) is 39.2. The molecule has 11 heteroatoms. The number of aliphatic hydroxyl groups excluding tert-OH is 2. The summed E-state index contributed by atoms with van der Waals surface area (Å²) in [5.74, 6) is -1.02. The Morgan fingerprint density at radius 3 is 1.56 bits per heavy atom. The molecule has 0 aliphatic carbocycles. The minimum Gasteiger partial charge on any atom is -0.462 e. The summed E-state index contributed by atoms with van der Waals surface area (Å²) in [7, 11) is -4.64. The molecule has 0 aromatic carbocycles. The first kappa shape index (κ1) is 52.2. The van der Waals surface area contributed by atoms with Crippen molar-refractivity contribution in [2.24, 2.45) is 0 Å². The predicted octanol–water partition coefficient (Wildman–Crippen LogP) is 10.7. The van der Waals surface area contributed by atoms with Gasteiger partial charge < -0.3 is 24.6 Å². The van der Waals surface area contributed by atoms with Gasteiger partial charge in [0.05, 0.1) is 19.8 Å². The molecule has 0 radical (unpaired) electrons. The number of phosphoric ester groups is 1. The molecule has 0 aromatic rings. The molecular weight excluding hydrogens is 719 g/mol. The lowest BCUT2D eigenvalue weighted by Crippen LogP contribution is -2.29. The number of esters is 2. The van der Waals surface area contributed by atoms with E-state index in [1.165, 1.54) is 19.3 Å². The van der Waals surface area contributed by atoms with Gasteiger partial charge in [-0.15, -0.1) is 0 Å². The van der Waals surface area contributed by atoms with Crippen LogP contribution in [0.3, 0.4) is 0 Å². The van der Waals surface area contributed by atoms with Crippen molar-refractivity contribution in [1.82, 2.24) is 0 Å². The lowest BCUT2D eigenvalue weighted by molar-refractivity contribution is -0.161. The van der Waals surface area contributed by atoms with Crippen LogP contribution in [-0.4, -0.2) is 65.7 Å². The summed E-state index contributed by atoms with van der Waals surface area (Å²) in [5.41, 5.74) is 0. The van der Waals surface area contributed by atoms with Crippen LogP contribution in [-0.2, 0) is 32.7 Å². The van der Waals surface area contributed by atoms with Crippen LogP contribution < -0.4 is 0 Å². The zero-order chi connectivity index (χ0) is 40.5. The fraction of sp³-hybridized carbons (Fsp3) is 0.636. The highest BCUT2D eigenvalue weighted by atomic mass is 31.2. The second-order valence-corrected chi connectivity index (χ2v) is 14.7. The van der Waals surface area contributed by atoms with Crippen molar-refractivity contribution in [3.8, 4) is 0 Å². The second-order valence-electron chi connectivity index (χ2n) is 13.3. The number of hydrogen-bond donors (Lipinski definition) is 3. The average molecular weight is 793 g/mol. The van der Waals surface area contributed by atoms with Crippen LogP contribution in [0, 0.1) is 0 Å². The van der Waals surface area contributed by atoms with Crippen LogP contribution in [0.4, 0.5) is 0 Å². The second kappa shape index (κ2) is 39.4. The lowest BCUT2D eigenvalue weighted by atomic mass is 10.1. The monoisotopic (exact) mass is 792 g/mol. The summed E-state index contributed by atoms with van der Waals surface area (Å²) in [6, 6.07) is 0. The van der Waals surface area contributed by atoms with E-state index in [0.29, 0.717) is 19.3 Å². The smallest absolute Gasteiger partial charge is 0.462 e. The van der Waals surface area contributed by atoms with Crippen LogP contribution in [0.25, 0.3) is 0 Å². The van der Waals surface area contributed by atoms with E-state index in [4.69, 9.17) is 19.1 Å². The highest BCUT2D eigenvalue weighted by Crippen LogP contribution is 2.43. The van der Waals surface area contributed by atoms with E-state index >= 15 is 0 Å². The Labute approximate surface area is 332 Å². The molecule has 0 aliphatic heterocycles. The van der Waals surface area contributed by atoms with Gasteiger partial charge in [-0.2, -0.15) is 0 Å². The van der Waals surface area contributed by atoms with Gasteiger partial charge in [0.2, 0.25) is 0 Å². The molecule has 0 aromatic heterocycles. The Hall–Kier alpha value is -2.85. The third-order valence-corrected chi connectivity index (χ3v) is 8.98. The molecule has 314 valence electrons. The van der Waals surface area contributed by atoms with E-state index in [-0.39, 0.29) is 19.4 Å². The van der Waals surface area contributed by atoms with E-state index in [1.807, 2.05) is 12.2 Å². The molecule has 0 heterocycles. The summed E-state index contributed by atoms with van der Waals surface area (Å²) >= 11 is 0. The van der Waals surface area contributed by atoms with Crippen molar-refractivity contribution < 1.29 is 47.8 Å². The Bertz CT molecular complexity index is 1190. The normalized spacial score (nSPS) is 14.8. The molecular formula is C44H73O10P. The van der Waals surface area contributed by atoms with Crippen LogP contribution >= 0.6 is 7.82 Å². The molecule has 1 unspecified atom stereocenters. The fourth-order valence-electron chi connectivity index (χ4n) is 4.88. The van der Waals surface area contributed by atoms with Crippen LogP contribution in [0.15, 0.2) is 85.1 Å². The summed E-state index contributed by atoms with van der Waals surface area (Å²) in [6.45, 7) is 2.13. The maximum atomic E-state index is 12.6. The van der Waals surface area contributed by atoms with Gasteiger partial charge in [0.1, 0.15) is 12.7 Å². The molecule has 0 bridgehead atoms. The molecule has 0 spiro atoms. The van der Waals surface area contributed by atoms with Crippen molar-refractivity contribution in [1.29, 1.82) is 0 Å². The quantitative estimate of drug-likeness (QED) is 0.0240. The number of rotatable bonds is 37. The third-order valence-electron chi connectivity index (χ3n) is 8.03. The predicted molar refractivity (Wildman–Crippen MR) is 223 cm³/mol. The topological polar surface area (TPSA) is 149 Å². The number of carbonyl (C=O) groups is 2. The van der Waals surface area contributed by atoms with Gasteiger partial charge in [0.25, 0.3) is 0 Å². The summed E-state index contributed by atoms with van der Waals surface area (Å²) in [4.78, 5) is 34.9. The Kier molecular flexibility index (Phi) is 37.3.